The van der Waals surface area contributed by atoms with Gasteiger partial charge in [0, 0.05) is 17.1 Å². The molecule has 4 rings (SSSR count). The molecule has 1 N–H and O–H groups in total. The summed E-state index contributed by atoms with van der Waals surface area (Å²) in [7, 11) is 0. The third kappa shape index (κ3) is 2.78. The molecule has 1 amide bonds. The molecule has 2 nitrogen and oxygen atoms in total. The third-order valence-corrected chi connectivity index (χ3v) is 6.80. The van der Waals surface area contributed by atoms with Crippen LogP contribution < -0.4 is 5.32 Å². The second kappa shape index (κ2) is 5.88. The van der Waals surface area contributed by atoms with Crippen molar-refractivity contribution >= 4 is 17.7 Å². The van der Waals surface area contributed by atoms with Gasteiger partial charge in [0.1, 0.15) is 5.82 Å². The first-order valence-electron chi connectivity index (χ1n) is 8.40. The average Bonchev–Trinajstić information content (AvgIpc) is 3.10. The normalized spacial score (nSPS) is 32.8. The van der Waals surface area contributed by atoms with Crippen LogP contribution in [0.4, 0.5) is 4.39 Å². The molecule has 0 aromatic heterocycles. The number of halogens is 1. The van der Waals surface area contributed by atoms with Gasteiger partial charge in [0.15, 0.2) is 0 Å². The molecule has 0 radical (unpaired) electrons. The van der Waals surface area contributed by atoms with E-state index < -0.39 is 0 Å². The van der Waals surface area contributed by atoms with Crippen molar-refractivity contribution in [3.05, 3.63) is 29.6 Å². The van der Waals surface area contributed by atoms with Crippen molar-refractivity contribution in [2.45, 2.75) is 49.5 Å². The van der Waals surface area contributed by atoms with E-state index in [1.54, 1.807) is 17.8 Å². The Morgan fingerprint density at radius 3 is 2.95 bits per heavy atom. The molecule has 4 heteroatoms. The first-order valence-corrected chi connectivity index (χ1v) is 9.39. The minimum absolute atomic E-state index is 0.0157. The third-order valence-electron chi connectivity index (χ3n) is 5.68. The Morgan fingerprint density at radius 1 is 1.27 bits per heavy atom. The number of fused-ring (bicyclic) bond motifs is 3. The van der Waals surface area contributed by atoms with Crippen LogP contribution in [0, 0.1) is 23.6 Å². The van der Waals surface area contributed by atoms with E-state index in [4.69, 9.17) is 0 Å². The van der Waals surface area contributed by atoms with Crippen molar-refractivity contribution in [3.8, 4) is 0 Å². The minimum atomic E-state index is -0.214. The smallest absolute Gasteiger partial charge is 0.220 e. The maximum atomic E-state index is 13.5. The highest BCUT2D eigenvalue weighted by Gasteiger charge is 2.40. The maximum Gasteiger partial charge on any atom is 0.220 e. The maximum absolute atomic E-state index is 13.5. The van der Waals surface area contributed by atoms with Gasteiger partial charge in [0.05, 0.1) is 6.04 Å². The number of carbonyl (C=O) groups is 1. The highest BCUT2D eigenvalue weighted by Crippen LogP contribution is 2.49. The van der Waals surface area contributed by atoms with Gasteiger partial charge in [0.2, 0.25) is 5.91 Å². The summed E-state index contributed by atoms with van der Waals surface area (Å²) in [5.41, 5.74) is 0.956. The SMILES string of the molecule is O=C(CC1CC2CCC1C2)NC1CCSc2ccc(F)cc21. The molecule has 2 saturated carbocycles. The number of rotatable bonds is 3. The van der Waals surface area contributed by atoms with Crippen LogP contribution >= 0.6 is 11.8 Å². The van der Waals surface area contributed by atoms with Gasteiger partial charge in [-0.15, -0.1) is 11.8 Å². The molecule has 0 spiro atoms. The summed E-state index contributed by atoms with van der Waals surface area (Å²) in [6, 6.07) is 4.91. The molecule has 2 fully saturated rings. The molecule has 0 saturated heterocycles. The summed E-state index contributed by atoms with van der Waals surface area (Å²) in [6.07, 6.45) is 6.82. The molecule has 1 heterocycles. The van der Waals surface area contributed by atoms with Crippen molar-refractivity contribution in [1.82, 2.24) is 5.32 Å². The van der Waals surface area contributed by atoms with E-state index >= 15 is 0 Å². The Morgan fingerprint density at radius 2 is 2.18 bits per heavy atom. The Balaban J connectivity index is 1.41. The molecule has 1 aromatic rings. The van der Waals surface area contributed by atoms with Crippen LogP contribution in [0.5, 0.6) is 0 Å². The highest BCUT2D eigenvalue weighted by molar-refractivity contribution is 7.99. The van der Waals surface area contributed by atoms with E-state index in [1.165, 1.54) is 31.7 Å². The van der Waals surface area contributed by atoms with E-state index in [1.807, 2.05) is 6.07 Å². The molecule has 2 bridgehead atoms. The van der Waals surface area contributed by atoms with Crippen LogP contribution in [-0.2, 0) is 4.79 Å². The molecule has 1 aliphatic heterocycles. The molecular weight excluding hydrogens is 297 g/mol. The van der Waals surface area contributed by atoms with Crippen LogP contribution in [0.25, 0.3) is 0 Å². The number of carbonyl (C=O) groups excluding carboxylic acids is 1. The molecule has 2 aliphatic carbocycles. The van der Waals surface area contributed by atoms with Crippen molar-refractivity contribution < 1.29 is 9.18 Å². The summed E-state index contributed by atoms with van der Waals surface area (Å²) in [6.45, 7) is 0. The van der Waals surface area contributed by atoms with Crippen LogP contribution in [0.2, 0.25) is 0 Å². The van der Waals surface area contributed by atoms with Gasteiger partial charge in [-0.2, -0.15) is 0 Å². The second-order valence-electron chi connectivity index (χ2n) is 7.08. The van der Waals surface area contributed by atoms with Crippen LogP contribution in [0.15, 0.2) is 23.1 Å². The summed E-state index contributed by atoms with van der Waals surface area (Å²) in [5, 5.41) is 3.17. The quantitative estimate of drug-likeness (QED) is 0.899. The van der Waals surface area contributed by atoms with Gasteiger partial charge < -0.3 is 5.32 Å². The van der Waals surface area contributed by atoms with Crippen LogP contribution in [0.1, 0.15) is 50.1 Å². The van der Waals surface area contributed by atoms with E-state index in [0.717, 1.165) is 34.5 Å². The molecule has 4 atom stereocenters. The van der Waals surface area contributed by atoms with Crippen molar-refractivity contribution in [1.29, 1.82) is 0 Å². The predicted molar refractivity (Wildman–Crippen MR) is 86.2 cm³/mol. The zero-order chi connectivity index (χ0) is 15.1. The summed E-state index contributed by atoms with van der Waals surface area (Å²) >= 11 is 1.75. The zero-order valence-electron chi connectivity index (χ0n) is 12.7. The lowest BCUT2D eigenvalue weighted by atomic mass is 9.86. The van der Waals surface area contributed by atoms with Crippen LogP contribution in [0.3, 0.4) is 0 Å². The molecular formula is C18H22FNOS. The fourth-order valence-corrected chi connectivity index (χ4v) is 5.74. The monoisotopic (exact) mass is 319 g/mol. The second-order valence-corrected chi connectivity index (χ2v) is 8.22. The van der Waals surface area contributed by atoms with Gasteiger partial charge in [-0.3, -0.25) is 4.79 Å². The first kappa shape index (κ1) is 14.6. The lowest BCUT2D eigenvalue weighted by Gasteiger charge is -2.27. The highest BCUT2D eigenvalue weighted by atomic mass is 32.2. The van der Waals surface area contributed by atoms with E-state index in [2.05, 4.69) is 5.32 Å². The molecule has 3 aliphatic rings. The first-order chi connectivity index (χ1) is 10.7. The Labute approximate surface area is 135 Å². The van der Waals surface area contributed by atoms with Crippen molar-refractivity contribution in [2.75, 3.05) is 5.75 Å². The van der Waals surface area contributed by atoms with Gasteiger partial charge in [-0.05, 0) is 67.2 Å². The number of nitrogens with one attached hydrogen (secondary N) is 1. The standard InChI is InChI=1S/C18H22FNOS/c19-14-3-4-17-15(10-14)16(5-6-22-17)20-18(21)9-13-8-11-1-2-12(13)7-11/h3-4,10-13,16H,1-2,5-9H2,(H,20,21). The predicted octanol–water partition coefficient (Wildman–Crippen LogP) is 4.31. The molecule has 4 unspecified atom stereocenters. The Hall–Kier alpha value is -1.03. The van der Waals surface area contributed by atoms with E-state index in [9.17, 15) is 9.18 Å². The van der Waals surface area contributed by atoms with E-state index in [-0.39, 0.29) is 17.8 Å². The number of amides is 1. The van der Waals surface area contributed by atoms with E-state index in [0.29, 0.717) is 12.3 Å². The lowest BCUT2D eigenvalue weighted by molar-refractivity contribution is -0.123. The van der Waals surface area contributed by atoms with Gasteiger partial charge in [-0.1, -0.05) is 6.42 Å². The lowest BCUT2D eigenvalue weighted by Crippen LogP contribution is -2.32. The van der Waals surface area contributed by atoms with Gasteiger partial charge in [0.25, 0.3) is 0 Å². The average molecular weight is 319 g/mol. The molecule has 1 aromatic carbocycles. The Kier molecular flexibility index (Phi) is 3.89. The summed E-state index contributed by atoms with van der Waals surface area (Å²) in [4.78, 5) is 13.5. The number of thioether (sulfide) groups is 1. The Bertz CT molecular complexity index is 590. The fourth-order valence-electron chi connectivity index (χ4n) is 4.63. The largest absolute Gasteiger partial charge is 0.349 e. The minimum Gasteiger partial charge on any atom is -0.349 e. The number of hydrogen-bond acceptors (Lipinski definition) is 2. The fraction of sp³-hybridized carbons (Fsp3) is 0.611. The van der Waals surface area contributed by atoms with Crippen molar-refractivity contribution in [2.24, 2.45) is 17.8 Å². The summed E-state index contributed by atoms with van der Waals surface area (Å²) in [5.74, 6) is 3.17. The van der Waals surface area contributed by atoms with Gasteiger partial charge in [-0.25, -0.2) is 4.39 Å². The zero-order valence-corrected chi connectivity index (χ0v) is 13.5. The number of benzene rings is 1. The molecule has 22 heavy (non-hydrogen) atoms. The van der Waals surface area contributed by atoms with Crippen molar-refractivity contribution in [3.63, 3.8) is 0 Å². The summed E-state index contributed by atoms with van der Waals surface area (Å²) < 4.78 is 13.5. The van der Waals surface area contributed by atoms with Gasteiger partial charge >= 0.3 is 0 Å². The topological polar surface area (TPSA) is 29.1 Å². The molecule has 118 valence electrons. The van der Waals surface area contributed by atoms with Crippen LogP contribution in [-0.4, -0.2) is 11.7 Å². The number of hydrogen-bond donors (Lipinski definition) is 1.